The average Bonchev–Trinajstić information content (AvgIpc) is 2.93. The summed E-state index contributed by atoms with van der Waals surface area (Å²) in [6.07, 6.45) is 5.64. The maximum absolute atomic E-state index is 12.8. The Labute approximate surface area is 188 Å². The summed E-state index contributed by atoms with van der Waals surface area (Å²) >= 11 is 0. The zero-order valence-corrected chi connectivity index (χ0v) is 17.9. The number of benzene rings is 1. The van der Waals surface area contributed by atoms with Crippen molar-refractivity contribution in [2.75, 3.05) is 13.1 Å². The first-order valence-corrected chi connectivity index (χ1v) is 10.7. The van der Waals surface area contributed by atoms with Gasteiger partial charge in [-0.25, -0.2) is 0 Å². The number of ether oxygens (including phenoxy) is 1. The maximum Gasteiger partial charge on any atom is 0.258 e. The lowest BCUT2D eigenvalue weighted by Gasteiger charge is -2.10. The van der Waals surface area contributed by atoms with E-state index in [1.54, 1.807) is 17.0 Å². The molecule has 0 spiro atoms. The molecule has 1 aliphatic rings. The molecule has 1 N–H and O–H groups in total. The van der Waals surface area contributed by atoms with Gasteiger partial charge in [-0.15, -0.1) is 0 Å². The van der Waals surface area contributed by atoms with Crippen LogP contribution in [0.15, 0.2) is 59.7 Å². The molecular weight excluding hydrogens is 400 g/mol. The molecule has 0 saturated carbocycles. The van der Waals surface area contributed by atoms with Crippen molar-refractivity contribution in [2.45, 2.75) is 33.8 Å². The number of aryl methyl sites for hydroxylation is 2. The first-order valence-electron chi connectivity index (χ1n) is 10.7. The lowest BCUT2D eigenvalue weighted by Crippen LogP contribution is -2.17. The molecule has 3 aromatic heterocycles. The van der Waals surface area contributed by atoms with Crippen molar-refractivity contribution in [3.05, 3.63) is 87.7 Å². The van der Waals surface area contributed by atoms with Crippen LogP contribution in [0.25, 0.3) is 16.6 Å². The van der Waals surface area contributed by atoms with Crippen molar-refractivity contribution in [3.8, 4) is 11.4 Å². The van der Waals surface area contributed by atoms with Crippen molar-refractivity contribution in [3.63, 3.8) is 0 Å². The van der Waals surface area contributed by atoms with Gasteiger partial charge in [-0.1, -0.05) is 19.6 Å². The minimum Gasteiger partial charge on any atom is -0.489 e. The van der Waals surface area contributed by atoms with Crippen LogP contribution in [-0.2, 0) is 26.5 Å². The van der Waals surface area contributed by atoms with Crippen molar-refractivity contribution in [1.29, 1.82) is 0 Å². The van der Waals surface area contributed by atoms with Gasteiger partial charge in [0.05, 0.1) is 11.2 Å². The van der Waals surface area contributed by atoms with E-state index in [0.29, 0.717) is 12.4 Å². The van der Waals surface area contributed by atoms with Crippen LogP contribution in [-0.4, -0.2) is 27.2 Å². The minimum absolute atomic E-state index is 0. The quantitative estimate of drug-likeness (QED) is 0.533. The Balaban J connectivity index is 0.00000245. The molecule has 6 nitrogen and oxygen atoms in total. The Hall–Kier alpha value is -3.38. The van der Waals surface area contributed by atoms with Crippen molar-refractivity contribution in [1.82, 2.24) is 19.4 Å². The number of pyridine rings is 2. The lowest BCUT2D eigenvalue weighted by atomic mass is 10.1. The Morgan fingerprint density at radius 2 is 1.94 bits per heavy atom. The molecule has 0 amide bonds. The van der Waals surface area contributed by atoms with E-state index in [0.717, 1.165) is 42.9 Å². The van der Waals surface area contributed by atoms with Gasteiger partial charge in [0.1, 0.15) is 12.4 Å². The number of nitrogens with zero attached hydrogens (tertiary/aromatic N) is 3. The highest BCUT2D eigenvalue weighted by atomic mass is 16.5. The molecule has 0 atom stereocenters. The predicted octanol–water partition coefficient (Wildman–Crippen LogP) is 3.94. The van der Waals surface area contributed by atoms with E-state index in [2.05, 4.69) is 34.0 Å². The van der Waals surface area contributed by atoms with Crippen LogP contribution in [0.2, 0.25) is 0 Å². The van der Waals surface area contributed by atoms with Gasteiger partial charge in [0.15, 0.2) is 0 Å². The predicted molar refractivity (Wildman–Crippen MR) is 129 cm³/mol. The number of nitrogens with one attached hydrogen (secondary N) is 1. The highest BCUT2D eigenvalue weighted by Gasteiger charge is 2.17. The zero-order valence-electron chi connectivity index (χ0n) is 17.9. The van der Waals surface area contributed by atoms with E-state index in [1.807, 2.05) is 31.2 Å². The van der Waals surface area contributed by atoms with Crippen LogP contribution in [0.4, 0.5) is 0 Å². The smallest absolute Gasteiger partial charge is 0.258 e. The van der Waals surface area contributed by atoms with Gasteiger partial charge < -0.3 is 14.6 Å². The topological polar surface area (TPSA) is 61.1 Å². The Morgan fingerprint density at radius 1 is 1.09 bits per heavy atom. The first-order chi connectivity index (χ1) is 15.1. The van der Waals surface area contributed by atoms with Crippen LogP contribution in [0.3, 0.4) is 0 Å². The number of fused-ring (bicyclic) bond motifs is 3. The van der Waals surface area contributed by atoms with E-state index in [4.69, 9.17) is 4.74 Å². The van der Waals surface area contributed by atoms with E-state index in [1.165, 1.54) is 28.2 Å². The number of rotatable bonds is 4. The van der Waals surface area contributed by atoms with Gasteiger partial charge in [-0.05, 0) is 49.7 Å². The monoisotopic (exact) mass is 430 g/mol. The second-order valence-corrected chi connectivity index (χ2v) is 8.10. The standard InChI is InChI=1S/C25H26N4O2.CH4/c1-17-3-4-18(15-27-17)16-31-20-9-12-29(25(30)14-20)19-5-6-21-22-7-10-26-11-8-23(22)28(2)24(21)13-19;/h3-6,9,12-15,26H,7-8,10-11,16H2,1-2H3;1H4. The molecule has 1 aromatic carbocycles. The first kappa shape index (κ1) is 21.8. The summed E-state index contributed by atoms with van der Waals surface area (Å²) in [5.41, 5.74) is 6.67. The normalized spacial score (nSPS) is 13.3. The van der Waals surface area contributed by atoms with Gasteiger partial charge in [-0.3, -0.25) is 14.3 Å². The molecule has 5 rings (SSSR count). The lowest BCUT2D eigenvalue weighted by molar-refractivity contribution is 0.304. The third-order valence-electron chi connectivity index (χ3n) is 6.06. The fourth-order valence-corrected chi connectivity index (χ4v) is 4.36. The van der Waals surface area contributed by atoms with Gasteiger partial charge >= 0.3 is 0 Å². The highest BCUT2D eigenvalue weighted by molar-refractivity contribution is 5.87. The SMILES string of the molecule is C.Cc1ccc(COc2ccn(-c3ccc4c5c(n(C)c4c3)CCNCC5)c(=O)c2)cn1. The molecule has 4 aromatic rings. The van der Waals surface area contributed by atoms with Crippen LogP contribution in [0, 0.1) is 6.92 Å². The van der Waals surface area contributed by atoms with Gasteiger partial charge in [-0.2, -0.15) is 0 Å². The summed E-state index contributed by atoms with van der Waals surface area (Å²) in [4.78, 5) is 17.1. The molecule has 0 unspecified atom stereocenters. The Bertz CT molecular complexity index is 1300. The average molecular weight is 431 g/mol. The van der Waals surface area contributed by atoms with Crippen LogP contribution >= 0.6 is 0 Å². The molecule has 0 fully saturated rings. The number of hydrogen-bond acceptors (Lipinski definition) is 4. The summed E-state index contributed by atoms with van der Waals surface area (Å²) in [6.45, 7) is 4.34. The van der Waals surface area contributed by atoms with E-state index < -0.39 is 0 Å². The van der Waals surface area contributed by atoms with Gasteiger partial charge in [0.2, 0.25) is 0 Å². The number of hydrogen-bond donors (Lipinski definition) is 1. The molecule has 0 aliphatic carbocycles. The largest absolute Gasteiger partial charge is 0.489 e. The molecule has 6 heteroatoms. The molecule has 1 aliphatic heterocycles. The maximum atomic E-state index is 12.8. The second kappa shape index (κ2) is 9.01. The molecule has 0 radical (unpaired) electrons. The fraction of sp³-hybridized carbons (Fsp3) is 0.308. The third-order valence-corrected chi connectivity index (χ3v) is 6.06. The highest BCUT2D eigenvalue weighted by Crippen LogP contribution is 2.29. The summed E-state index contributed by atoms with van der Waals surface area (Å²) in [5, 5.41) is 4.75. The van der Waals surface area contributed by atoms with E-state index >= 15 is 0 Å². The van der Waals surface area contributed by atoms with Crippen LogP contribution < -0.4 is 15.6 Å². The summed E-state index contributed by atoms with van der Waals surface area (Å²) < 4.78 is 9.74. The summed E-state index contributed by atoms with van der Waals surface area (Å²) in [7, 11) is 2.12. The minimum atomic E-state index is -0.112. The molecule has 32 heavy (non-hydrogen) atoms. The second-order valence-electron chi connectivity index (χ2n) is 8.10. The third kappa shape index (κ3) is 4.06. The van der Waals surface area contributed by atoms with Crippen molar-refractivity contribution in [2.24, 2.45) is 7.05 Å². The molecule has 0 bridgehead atoms. The number of aromatic nitrogens is 3. The Kier molecular flexibility index (Phi) is 6.15. The molecule has 0 saturated heterocycles. The molecular formula is C26H30N4O2. The summed E-state index contributed by atoms with van der Waals surface area (Å²) in [6, 6.07) is 13.6. The van der Waals surface area contributed by atoms with Gasteiger partial charge in [0, 0.05) is 60.8 Å². The molecule has 166 valence electrons. The van der Waals surface area contributed by atoms with Crippen molar-refractivity contribution < 1.29 is 4.74 Å². The fourth-order valence-electron chi connectivity index (χ4n) is 4.36. The van der Waals surface area contributed by atoms with Crippen molar-refractivity contribution >= 4 is 10.9 Å². The van der Waals surface area contributed by atoms with E-state index in [9.17, 15) is 4.79 Å². The van der Waals surface area contributed by atoms with E-state index in [-0.39, 0.29) is 13.0 Å². The van der Waals surface area contributed by atoms with Crippen LogP contribution in [0.1, 0.15) is 29.9 Å². The summed E-state index contributed by atoms with van der Waals surface area (Å²) in [5.74, 6) is 0.556. The van der Waals surface area contributed by atoms with Crippen LogP contribution in [0.5, 0.6) is 5.75 Å². The van der Waals surface area contributed by atoms with Gasteiger partial charge in [0.25, 0.3) is 5.56 Å². The molecule has 4 heterocycles. The Morgan fingerprint density at radius 3 is 2.72 bits per heavy atom. The zero-order chi connectivity index (χ0) is 21.4.